The number of nitrogens with zero attached hydrogens (tertiary/aromatic N) is 2. The van der Waals surface area contributed by atoms with Crippen molar-refractivity contribution in [2.45, 2.75) is 33.6 Å². The molecule has 4 aromatic rings. The summed E-state index contributed by atoms with van der Waals surface area (Å²) in [6, 6.07) is 22.5. The molecule has 0 aliphatic carbocycles. The van der Waals surface area contributed by atoms with Gasteiger partial charge < -0.3 is 10.1 Å². The lowest BCUT2D eigenvalue weighted by Gasteiger charge is -2.11. The Balaban J connectivity index is 1.73. The summed E-state index contributed by atoms with van der Waals surface area (Å²) in [4.78, 5) is 24.7. The Kier molecular flexibility index (Phi) is 7.17. The van der Waals surface area contributed by atoms with Crippen LogP contribution in [0.15, 0.2) is 77.3 Å². The molecule has 0 fully saturated rings. The van der Waals surface area contributed by atoms with Crippen molar-refractivity contribution >= 4 is 33.5 Å². The van der Waals surface area contributed by atoms with Gasteiger partial charge in [0.25, 0.3) is 5.91 Å². The fourth-order valence-corrected chi connectivity index (χ4v) is 4.14. The molecule has 1 heterocycles. The van der Waals surface area contributed by atoms with Crippen molar-refractivity contribution in [2.24, 2.45) is 0 Å². The first-order valence-electron chi connectivity index (χ1n) is 11.3. The first-order valence-corrected chi connectivity index (χ1v) is 12.1. The van der Waals surface area contributed by atoms with Gasteiger partial charge in [-0.05, 0) is 60.9 Å². The molecule has 0 bridgehead atoms. The molecule has 1 aromatic heterocycles. The van der Waals surface area contributed by atoms with Crippen molar-refractivity contribution in [3.8, 4) is 22.7 Å². The zero-order valence-electron chi connectivity index (χ0n) is 20.0. The largest absolute Gasteiger partial charge is 0.407 e. The minimum absolute atomic E-state index is 0.0851. The number of esters is 1. The predicted molar refractivity (Wildman–Crippen MR) is 141 cm³/mol. The molecule has 0 unspecified atom stereocenters. The molecule has 4 rings (SSSR count). The smallest absolute Gasteiger partial charge is 0.309 e. The van der Waals surface area contributed by atoms with Crippen molar-refractivity contribution in [3.63, 3.8) is 0 Å². The monoisotopic (exact) mass is 531 g/mol. The Morgan fingerprint density at radius 1 is 1.00 bits per heavy atom. The molecule has 0 saturated heterocycles. The Morgan fingerprint density at radius 2 is 1.69 bits per heavy atom. The van der Waals surface area contributed by atoms with Gasteiger partial charge in [-0.15, -0.1) is 0 Å². The molecule has 3 aromatic carbocycles. The molecular weight excluding hydrogens is 506 g/mol. The zero-order valence-corrected chi connectivity index (χ0v) is 21.6. The highest BCUT2D eigenvalue weighted by atomic mass is 79.9. The van der Waals surface area contributed by atoms with Crippen LogP contribution in [0, 0.1) is 6.92 Å². The van der Waals surface area contributed by atoms with Gasteiger partial charge in [0.2, 0.25) is 5.88 Å². The molecule has 6 nitrogen and oxygen atoms in total. The molecule has 0 spiro atoms. The second kappa shape index (κ2) is 10.3. The summed E-state index contributed by atoms with van der Waals surface area (Å²) in [5.41, 5.74) is 5.54. The van der Waals surface area contributed by atoms with Crippen LogP contribution in [0.4, 0.5) is 5.69 Å². The third kappa shape index (κ3) is 5.52. The van der Waals surface area contributed by atoms with E-state index in [-0.39, 0.29) is 11.8 Å². The van der Waals surface area contributed by atoms with E-state index in [1.54, 1.807) is 16.8 Å². The van der Waals surface area contributed by atoms with Gasteiger partial charge in [-0.1, -0.05) is 65.7 Å². The van der Waals surface area contributed by atoms with E-state index in [9.17, 15) is 9.59 Å². The molecule has 7 heteroatoms. The van der Waals surface area contributed by atoms with Gasteiger partial charge in [-0.3, -0.25) is 9.59 Å². The fraction of sp³-hybridized carbons (Fsp3) is 0.179. The van der Waals surface area contributed by atoms with Crippen LogP contribution in [0.2, 0.25) is 0 Å². The van der Waals surface area contributed by atoms with E-state index >= 15 is 0 Å². The summed E-state index contributed by atoms with van der Waals surface area (Å²) in [6.45, 7) is 7.50. The van der Waals surface area contributed by atoms with Crippen molar-refractivity contribution in [3.05, 3.63) is 94.1 Å². The molecule has 0 radical (unpaired) electrons. The summed E-state index contributed by atoms with van der Waals surface area (Å²) in [6.07, 6.45) is 0. The number of benzene rings is 3. The number of ether oxygens (including phenoxy) is 1. The van der Waals surface area contributed by atoms with E-state index in [1.807, 2.05) is 67.6 Å². The standard InChI is InChI=1S/C28H26BrN3O3/c1-17(2)26-25(28(35-19(4)33)32(31-26)24-14-8-18(3)9-15-24)20-10-12-23(13-11-20)30-27(34)21-6-5-7-22(29)16-21/h5-17H,1-4H3,(H,30,34). The van der Waals surface area contributed by atoms with Crippen LogP contribution in [0.1, 0.15) is 48.3 Å². The number of hydrogen-bond acceptors (Lipinski definition) is 4. The topological polar surface area (TPSA) is 73.2 Å². The highest BCUT2D eigenvalue weighted by molar-refractivity contribution is 9.10. The number of hydrogen-bond donors (Lipinski definition) is 1. The van der Waals surface area contributed by atoms with Crippen LogP contribution < -0.4 is 10.1 Å². The summed E-state index contributed by atoms with van der Waals surface area (Å²) in [5, 5.41) is 7.74. The second-order valence-corrected chi connectivity index (χ2v) is 9.52. The van der Waals surface area contributed by atoms with Crippen LogP contribution in [0.25, 0.3) is 16.8 Å². The summed E-state index contributed by atoms with van der Waals surface area (Å²) in [5.74, 6) is -0.166. The average molecular weight is 532 g/mol. The summed E-state index contributed by atoms with van der Waals surface area (Å²) >= 11 is 3.39. The van der Waals surface area contributed by atoms with E-state index in [0.29, 0.717) is 17.1 Å². The molecule has 1 amide bonds. The van der Waals surface area contributed by atoms with Gasteiger partial charge in [0.15, 0.2) is 0 Å². The third-order valence-electron chi connectivity index (χ3n) is 5.45. The number of aryl methyl sites for hydroxylation is 1. The molecule has 1 N–H and O–H groups in total. The predicted octanol–water partition coefficient (Wildman–Crippen LogP) is 6.91. The Bertz CT molecular complexity index is 1370. The first kappa shape index (κ1) is 24.4. The van der Waals surface area contributed by atoms with Gasteiger partial charge in [-0.25, -0.2) is 0 Å². The number of anilines is 1. The number of rotatable bonds is 6. The lowest BCUT2D eigenvalue weighted by Crippen LogP contribution is -2.11. The molecule has 0 saturated carbocycles. The number of carbonyl (C=O) groups is 2. The number of aromatic nitrogens is 2. The molecule has 35 heavy (non-hydrogen) atoms. The van der Waals surface area contributed by atoms with E-state index in [0.717, 1.165) is 32.5 Å². The third-order valence-corrected chi connectivity index (χ3v) is 5.95. The van der Waals surface area contributed by atoms with Crippen LogP contribution in [-0.4, -0.2) is 21.7 Å². The first-order chi connectivity index (χ1) is 16.7. The van der Waals surface area contributed by atoms with Crippen molar-refractivity contribution in [1.82, 2.24) is 9.78 Å². The minimum atomic E-state index is -0.423. The van der Waals surface area contributed by atoms with Gasteiger partial charge in [-0.2, -0.15) is 9.78 Å². The maximum atomic E-state index is 12.6. The SMILES string of the molecule is CC(=O)Oc1c(-c2ccc(NC(=O)c3cccc(Br)c3)cc2)c(C(C)C)nn1-c1ccc(C)cc1. The normalized spacial score (nSPS) is 10.9. The van der Waals surface area contributed by atoms with E-state index in [2.05, 4.69) is 35.1 Å². The number of nitrogens with one attached hydrogen (secondary N) is 1. The van der Waals surface area contributed by atoms with Gasteiger partial charge in [0.05, 0.1) is 16.9 Å². The van der Waals surface area contributed by atoms with Crippen LogP contribution in [0.5, 0.6) is 5.88 Å². The number of amides is 1. The number of carbonyl (C=O) groups excluding carboxylic acids is 2. The highest BCUT2D eigenvalue weighted by Crippen LogP contribution is 2.39. The van der Waals surface area contributed by atoms with Crippen LogP contribution in [-0.2, 0) is 4.79 Å². The minimum Gasteiger partial charge on any atom is -0.407 e. The van der Waals surface area contributed by atoms with Gasteiger partial charge >= 0.3 is 5.97 Å². The summed E-state index contributed by atoms with van der Waals surface area (Å²) < 4.78 is 8.21. The van der Waals surface area contributed by atoms with E-state index in [1.165, 1.54) is 6.92 Å². The summed E-state index contributed by atoms with van der Waals surface area (Å²) in [7, 11) is 0. The molecule has 178 valence electrons. The van der Waals surface area contributed by atoms with Crippen molar-refractivity contribution in [1.29, 1.82) is 0 Å². The van der Waals surface area contributed by atoms with Crippen molar-refractivity contribution in [2.75, 3.05) is 5.32 Å². The van der Waals surface area contributed by atoms with Crippen LogP contribution in [0.3, 0.4) is 0 Å². The fourth-order valence-electron chi connectivity index (χ4n) is 3.74. The quantitative estimate of drug-likeness (QED) is 0.274. The van der Waals surface area contributed by atoms with Gasteiger partial charge in [0, 0.05) is 22.6 Å². The highest BCUT2D eigenvalue weighted by Gasteiger charge is 2.25. The Labute approximate surface area is 213 Å². The molecule has 0 aliphatic heterocycles. The second-order valence-electron chi connectivity index (χ2n) is 8.60. The van der Waals surface area contributed by atoms with Crippen molar-refractivity contribution < 1.29 is 14.3 Å². The van der Waals surface area contributed by atoms with E-state index < -0.39 is 5.97 Å². The maximum absolute atomic E-state index is 12.6. The Morgan fingerprint density at radius 3 is 2.29 bits per heavy atom. The maximum Gasteiger partial charge on any atom is 0.309 e. The van der Waals surface area contributed by atoms with Crippen LogP contribution >= 0.6 is 15.9 Å². The van der Waals surface area contributed by atoms with E-state index in [4.69, 9.17) is 9.84 Å². The Hall–Kier alpha value is -3.71. The molecule has 0 aliphatic rings. The number of halogens is 1. The lowest BCUT2D eigenvalue weighted by atomic mass is 9.99. The average Bonchev–Trinajstić information content (AvgIpc) is 3.19. The zero-order chi connectivity index (χ0) is 25.1. The molecule has 0 atom stereocenters. The molecular formula is C28H26BrN3O3. The van der Waals surface area contributed by atoms with Gasteiger partial charge in [0.1, 0.15) is 0 Å². The lowest BCUT2D eigenvalue weighted by molar-refractivity contribution is -0.132.